The molecular weight excluding hydrogens is 316 g/mol. The number of carbonyl (C=O) groups is 1. The molecule has 1 N–H and O–H groups in total. The maximum Gasteiger partial charge on any atom is 0.246 e. The Morgan fingerprint density at radius 3 is 2.76 bits per heavy atom. The molecule has 2 heterocycles. The Morgan fingerprint density at radius 2 is 1.84 bits per heavy atom. The second kappa shape index (κ2) is 6.16. The van der Waals surface area contributed by atoms with Gasteiger partial charge in [-0.2, -0.15) is 5.10 Å². The van der Waals surface area contributed by atoms with Crippen molar-refractivity contribution in [3.8, 4) is 0 Å². The van der Waals surface area contributed by atoms with E-state index in [0.29, 0.717) is 16.6 Å². The van der Waals surface area contributed by atoms with Crippen LogP contribution in [0.3, 0.4) is 0 Å². The van der Waals surface area contributed by atoms with Crippen molar-refractivity contribution in [3.63, 3.8) is 0 Å². The second-order valence-corrected chi connectivity index (χ2v) is 5.61. The maximum atomic E-state index is 12.5. The average Bonchev–Trinajstić information content (AvgIpc) is 2.65. The molecule has 4 aromatic rings. The minimum Gasteiger partial charge on any atom is -0.324 e. The smallest absolute Gasteiger partial charge is 0.246 e. The van der Waals surface area contributed by atoms with Crippen LogP contribution in [0.5, 0.6) is 0 Å². The summed E-state index contributed by atoms with van der Waals surface area (Å²) < 4.78 is 1.52. The van der Waals surface area contributed by atoms with Crippen LogP contribution in [0.1, 0.15) is 0 Å². The summed E-state index contributed by atoms with van der Waals surface area (Å²) >= 11 is 0. The van der Waals surface area contributed by atoms with Gasteiger partial charge in [0.25, 0.3) is 0 Å². The summed E-state index contributed by atoms with van der Waals surface area (Å²) in [4.78, 5) is 28.6. The second-order valence-electron chi connectivity index (χ2n) is 5.61. The SMILES string of the molecule is O=C(Cn1ncc(=O)c2ccccc21)Nc1cccc2ncccc12. The normalized spacial score (nSPS) is 10.9. The average molecular weight is 330 g/mol. The van der Waals surface area contributed by atoms with E-state index in [0.717, 1.165) is 10.9 Å². The Labute approximate surface area is 142 Å². The summed E-state index contributed by atoms with van der Waals surface area (Å²) in [6.45, 7) is 0.0114. The van der Waals surface area contributed by atoms with Gasteiger partial charge in [0, 0.05) is 17.0 Å². The maximum absolute atomic E-state index is 12.5. The van der Waals surface area contributed by atoms with Gasteiger partial charge in [0.1, 0.15) is 6.54 Å². The van der Waals surface area contributed by atoms with E-state index in [2.05, 4.69) is 15.4 Å². The number of aromatic nitrogens is 3. The first kappa shape index (κ1) is 15.0. The summed E-state index contributed by atoms with van der Waals surface area (Å²) in [7, 11) is 0. The molecule has 25 heavy (non-hydrogen) atoms. The predicted molar refractivity (Wildman–Crippen MR) is 96.4 cm³/mol. The molecule has 2 aromatic heterocycles. The van der Waals surface area contributed by atoms with Gasteiger partial charge in [0.2, 0.25) is 11.3 Å². The van der Waals surface area contributed by atoms with Crippen molar-refractivity contribution in [3.05, 3.63) is 77.2 Å². The molecule has 0 atom stereocenters. The number of hydrogen-bond acceptors (Lipinski definition) is 4. The molecule has 6 nitrogen and oxygen atoms in total. The number of anilines is 1. The van der Waals surface area contributed by atoms with E-state index in [1.54, 1.807) is 24.4 Å². The number of benzene rings is 2. The van der Waals surface area contributed by atoms with Gasteiger partial charge in [0.15, 0.2) is 0 Å². The molecular formula is C19H14N4O2. The zero-order valence-corrected chi connectivity index (χ0v) is 13.2. The summed E-state index contributed by atoms with van der Waals surface area (Å²) in [6, 6.07) is 16.4. The largest absolute Gasteiger partial charge is 0.324 e. The number of rotatable bonds is 3. The molecule has 1 amide bonds. The van der Waals surface area contributed by atoms with Crippen molar-refractivity contribution in [1.82, 2.24) is 14.8 Å². The Hall–Kier alpha value is -3.54. The van der Waals surface area contributed by atoms with Crippen LogP contribution in [0.15, 0.2) is 71.8 Å². The lowest BCUT2D eigenvalue weighted by Crippen LogP contribution is -2.22. The minimum atomic E-state index is -0.224. The Balaban J connectivity index is 1.65. The molecule has 0 fully saturated rings. The summed E-state index contributed by atoms with van der Waals surface area (Å²) in [5, 5.41) is 8.39. The number of para-hydroxylation sites is 1. The van der Waals surface area contributed by atoms with Crippen molar-refractivity contribution in [1.29, 1.82) is 0 Å². The van der Waals surface area contributed by atoms with E-state index in [4.69, 9.17) is 0 Å². The first-order valence-corrected chi connectivity index (χ1v) is 7.81. The highest BCUT2D eigenvalue weighted by atomic mass is 16.2. The van der Waals surface area contributed by atoms with Crippen LogP contribution in [0.4, 0.5) is 5.69 Å². The Kier molecular flexibility index (Phi) is 3.70. The highest BCUT2D eigenvalue weighted by Crippen LogP contribution is 2.21. The highest BCUT2D eigenvalue weighted by molar-refractivity contribution is 6.01. The van der Waals surface area contributed by atoms with Gasteiger partial charge in [-0.3, -0.25) is 19.3 Å². The molecule has 4 rings (SSSR count). The van der Waals surface area contributed by atoms with Gasteiger partial charge < -0.3 is 5.32 Å². The number of nitrogens with zero attached hydrogens (tertiary/aromatic N) is 3. The Morgan fingerprint density at radius 1 is 1.00 bits per heavy atom. The van der Waals surface area contributed by atoms with E-state index in [1.807, 2.05) is 36.4 Å². The molecule has 0 unspecified atom stereocenters. The fraction of sp³-hybridized carbons (Fsp3) is 0.0526. The van der Waals surface area contributed by atoms with E-state index in [1.165, 1.54) is 10.9 Å². The molecule has 0 aliphatic carbocycles. The van der Waals surface area contributed by atoms with E-state index in [9.17, 15) is 9.59 Å². The van der Waals surface area contributed by atoms with Crippen LogP contribution in [0.25, 0.3) is 21.8 Å². The van der Waals surface area contributed by atoms with Crippen LogP contribution < -0.4 is 10.7 Å². The zero-order chi connectivity index (χ0) is 17.2. The Bertz CT molecular complexity index is 1150. The number of nitrogens with one attached hydrogen (secondary N) is 1. The van der Waals surface area contributed by atoms with Gasteiger partial charge in [-0.05, 0) is 36.4 Å². The lowest BCUT2D eigenvalue weighted by Gasteiger charge is -2.11. The van der Waals surface area contributed by atoms with Crippen LogP contribution >= 0.6 is 0 Å². The van der Waals surface area contributed by atoms with Crippen molar-refractivity contribution in [2.75, 3.05) is 5.32 Å². The number of hydrogen-bond donors (Lipinski definition) is 1. The molecule has 0 saturated heterocycles. The third kappa shape index (κ3) is 2.85. The van der Waals surface area contributed by atoms with E-state index in [-0.39, 0.29) is 17.9 Å². The highest BCUT2D eigenvalue weighted by Gasteiger charge is 2.10. The van der Waals surface area contributed by atoms with Gasteiger partial charge in [-0.1, -0.05) is 18.2 Å². The van der Waals surface area contributed by atoms with E-state index < -0.39 is 0 Å². The van der Waals surface area contributed by atoms with Gasteiger partial charge >= 0.3 is 0 Å². The molecule has 0 saturated carbocycles. The fourth-order valence-corrected chi connectivity index (χ4v) is 2.83. The molecule has 2 aromatic carbocycles. The number of fused-ring (bicyclic) bond motifs is 2. The van der Waals surface area contributed by atoms with Crippen molar-refractivity contribution in [2.45, 2.75) is 6.54 Å². The topological polar surface area (TPSA) is 76.9 Å². The number of pyridine rings is 1. The predicted octanol–water partition coefficient (Wildman–Crippen LogP) is 2.58. The quantitative estimate of drug-likeness (QED) is 0.626. The molecule has 0 aliphatic heterocycles. The lowest BCUT2D eigenvalue weighted by atomic mass is 10.2. The van der Waals surface area contributed by atoms with Crippen LogP contribution in [0.2, 0.25) is 0 Å². The van der Waals surface area contributed by atoms with Crippen LogP contribution in [-0.2, 0) is 11.3 Å². The first-order chi connectivity index (χ1) is 12.2. The first-order valence-electron chi connectivity index (χ1n) is 7.81. The summed E-state index contributed by atoms with van der Waals surface area (Å²) in [5.41, 5.74) is 1.98. The lowest BCUT2D eigenvalue weighted by molar-refractivity contribution is -0.116. The van der Waals surface area contributed by atoms with E-state index >= 15 is 0 Å². The summed E-state index contributed by atoms with van der Waals surface area (Å²) in [5.74, 6) is -0.224. The molecule has 0 spiro atoms. The van der Waals surface area contributed by atoms with Crippen LogP contribution in [-0.4, -0.2) is 20.7 Å². The third-order valence-electron chi connectivity index (χ3n) is 3.98. The molecule has 6 heteroatoms. The van der Waals surface area contributed by atoms with Crippen molar-refractivity contribution in [2.24, 2.45) is 0 Å². The number of amides is 1. The molecule has 0 radical (unpaired) electrons. The number of carbonyl (C=O) groups excluding carboxylic acids is 1. The van der Waals surface area contributed by atoms with Gasteiger partial charge in [-0.15, -0.1) is 0 Å². The van der Waals surface area contributed by atoms with Gasteiger partial charge in [0.05, 0.1) is 22.9 Å². The minimum absolute atomic E-state index is 0.0114. The third-order valence-corrected chi connectivity index (χ3v) is 3.98. The molecule has 0 aliphatic rings. The fourth-order valence-electron chi connectivity index (χ4n) is 2.83. The molecule has 0 bridgehead atoms. The van der Waals surface area contributed by atoms with Crippen molar-refractivity contribution >= 4 is 33.4 Å². The van der Waals surface area contributed by atoms with Crippen molar-refractivity contribution < 1.29 is 4.79 Å². The summed E-state index contributed by atoms with van der Waals surface area (Å²) in [6.07, 6.45) is 2.95. The van der Waals surface area contributed by atoms with Gasteiger partial charge in [-0.25, -0.2) is 0 Å². The monoisotopic (exact) mass is 330 g/mol. The standard InChI is InChI=1S/C19H14N4O2/c24-18-11-21-23(17-9-2-1-5-14(17)18)12-19(25)22-16-8-3-7-15-13(16)6-4-10-20-15/h1-11H,12H2,(H,22,25). The molecule has 122 valence electrons. The zero-order valence-electron chi connectivity index (χ0n) is 13.2. The van der Waals surface area contributed by atoms with Crippen LogP contribution in [0, 0.1) is 0 Å².